The Balaban J connectivity index is 1.63. The predicted molar refractivity (Wildman–Crippen MR) is 110 cm³/mol. The first-order valence-corrected chi connectivity index (χ1v) is 9.56. The Kier molecular flexibility index (Phi) is 5.12. The Bertz CT molecular complexity index is 1060. The first kappa shape index (κ1) is 19.2. The number of carbonyl (C=O) groups excluding carboxylic acids is 1. The van der Waals surface area contributed by atoms with Gasteiger partial charge in [0.2, 0.25) is 11.9 Å². The summed E-state index contributed by atoms with van der Waals surface area (Å²) in [6.07, 6.45) is 5.65. The number of amides is 1. The number of rotatable bonds is 6. The summed E-state index contributed by atoms with van der Waals surface area (Å²) in [5.41, 5.74) is 1.29. The highest BCUT2D eigenvalue weighted by Crippen LogP contribution is 2.31. The van der Waals surface area contributed by atoms with Crippen molar-refractivity contribution < 1.29 is 9.90 Å². The summed E-state index contributed by atoms with van der Waals surface area (Å²) < 4.78 is 1.78. The van der Waals surface area contributed by atoms with Crippen molar-refractivity contribution in [1.82, 2.24) is 29.6 Å². The SMILES string of the molecule is C=CC(=O)N1C[C@@H](O)[C@@H](Nc2nc(Nc3cnn(CC)c3)nc3[nH]cc(Cl)c23)C1. The molecule has 1 amide bonds. The third-order valence-corrected chi connectivity index (χ3v) is 5.09. The monoisotopic (exact) mass is 416 g/mol. The molecule has 0 spiro atoms. The van der Waals surface area contributed by atoms with Crippen LogP contribution in [0.2, 0.25) is 5.02 Å². The van der Waals surface area contributed by atoms with E-state index in [0.717, 1.165) is 12.2 Å². The average molecular weight is 417 g/mol. The normalized spacial score (nSPS) is 18.9. The van der Waals surface area contributed by atoms with Crippen molar-refractivity contribution in [1.29, 1.82) is 0 Å². The number of H-pyrrole nitrogens is 1. The van der Waals surface area contributed by atoms with Crippen molar-refractivity contribution in [3.63, 3.8) is 0 Å². The van der Waals surface area contributed by atoms with Crippen LogP contribution in [-0.4, -0.2) is 65.9 Å². The first-order chi connectivity index (χ1) is 14.0. The van der Waals surface area contributed by atoms with Gasteiger partial charge in [-0.2, -0.15) is 15.1 Å². The molecule has 0 aliphatic carbocycles. The zero-order valence-electron chi connectivity index (χ0n) is 15.8. The Morgan fingerprint density at radius 2 is 2.31 bits per heavy atom. The Morgan fingerprint density at radius 1 is 1.48 bits per heavy atom. The number of aryl methyl sites for hydroxylation is 1. The zero-order chi connectivity index (χ0) is 20.5. The van der Waals surface area contributed by atoms with Crippen molar-refractivity contribution in [3.8, 4) is 0 Å². The first-order valence-electron chi connectivity index (χ1n) is 9.18. The standard InChI is InChI=1S/C18H21ClN8O2/c1-3-14(29)26-8-12(13(28)9-26)23-17-15-11(19)6-20-16(15)24-18(25-17)22-10-5-21-27(4-2)7-10/h3,5-7,12-13,28H,1,4,8-9H2,2H3,(H3,20,22,23,24,25)/t12-,13+/m0/s1. The Hall–Kier alpha value is -3.11. The third-order valence-electron chi connectivity index (χ3n) is 4.79. The molecule has 4 N–H and O–H groups in total. The maximum atomic E-state index is 11.9. The number of hydrogen-bond acceptors (Lipinski definition) is 7. The summed E-state index contributed by atoms with van der Waals surface area (Å²) in [6.45, 7) is 6.79. The number of aliphatic hydroxyl groups excluding tert-OH is 1. The van der Waals surface area contributed by atoms with Gasteiger partial charge in [-0.05, 0) is 13.0 Å². The average Bonchev–Trinajstić information content (AvgIpc) is 3.41. The van der Waals surface area contributed by atoms with Crippen molar-refractivity contribution in [2.24, 2.45) is 0 Å². The van der Waals surface area contributed by atoms with Crippen LogP contribution < -0.4 is 10.6 Å². The number of β-amino-alcohol motifs (C(OH)–C–C–N with tert-alkyl or cyclic N) is 1. The second kappa shape index (κ2) is 7.72. The number of nitrogens with zero attached hydrogens (tertiary/aromatic N) is 5. The maximum absolute atomic E-state index is 11.9. The molecule has 1 saturated heterocycles. The minimum Gasteiger partial charge on any atom is -0.389 e. The van der Waals surface area contributed by atoms with E-state index in [4.69, 9.17) is 11.6 Å². The molecule has 0 radical (unpaired) electrons. The van der Waals surface area contributed by atoms with Gasteiger partial charge >= 0.3 is 0 Å². The second-order valence-corrected chi connectivity index (χ2v) is 7.14. The van der Waals surface area contributed by atoms with Gasteiger partial charge in [-0.15, -0.1) is 0 Å². The number of likely N-dealkylation sites (tertiary alicyclic amines) is 1. The van der Waals surface area contributed by atoms with Crippen molar-refractivity contribution in [3.05, 3.63) is 36.3 Å². The fourth-order valence-electron chi connectivity index (χ4n) is 3.30. The van der Waals surface area contributed by atoms with E-state index >= 15 is 0 Å². The molecule has 4 heterocycles. The zero-order valence-corrected chi connectivity index (χ0v) is 16.5. The van der Waals surface area contributed by atoms with Crippen LogP contribution in [0, 0.1) is 0 Å². The second-order valence-electron chi connectivity index (χ2n) is 6.73. The summed E-state index contributed by atoms with van der Waals surface area (Å²) in [4.78, 5) is 25.4. The molecule has 10 nitrogen and oxygen atoms in total. The number of aliphatic hydroxyl groups is 1. The summed E-state index contributed by atoms with van der Waals surface area (Å²) in [5.74, 6) is 0.584. The van der Waals surface area contributed by atoms with Gasteiger partial charge in [-0.1, -0.05) is 18.2 Å². The molecule has 1 aliphatic heterocycles. The van der Waals surface area contributed by atoms with E-state index in [2.05, 4.69) is 37.3 Å². The fourth-order valence-corrected chi connectivity index (χ4v) is 3.53. The van der Waals surface area contributed by atoms with Crippen LogP contribution in [0.15, 0.2) is 31.2 Å². The van der Waals surface area contributed by atoms with Crippen LogP contribution in [0.4, 0.5) is 17.5 Å². The number of aromatic nitrogens is 5. The molecule has 0 unspecified atom stereocenters. The number of hydrogen-bond donors (Lipinski definition) is 4. The van der Waals surface area contributed by atoms with Crippen LogP contribution in [0.3, 0.4) is 0 Å². The van der Waals surface area contributed by atoms with Crippen molar-refractivity contribution in [2.75, 3.05) is 23.7 Å². The molecule has 11 heteroatoms. The number of anilines is 3. The molecule has 0 aromatic carbocycles. The van der Waals surface area contributed by atoms with Gasteiger partial charge in [-0.3, -0.25) is 9.48 Å². The largest absolute Gasteiger partial charge is 0.389 e. The number of halogens is 1. The van der Waals surface area contributed by atoms with E-state index in [0.29, 0.717) is 34.4 Å². The molecule has 4 rings (SSSR count). The lowest BCUT2D eigenvalue weighted by Crippen LogP contribution is -2.33. The highest BCUT2D eigenvalue weighted by Gasteiger charge is 2.34. The summed E-state index contributed by atoms with van der Waals surface area (Å²) in [5, 5.41) is 22.0. The highest BCUT2D eigenvalue weighted by molar-refractivity contribution is 6.36. The van der Waals surface area contributed by atoms with Gasteiger partial charge in [0.15, 0.2) is 0 Å². The molecule has 1 fully saturated rings. The molecule has 3 aromatic rings. The molecule has 2 atom stereocenters. The summed E-state index contributed by atoms with van der Waals surface area (Å²) in [6, 6.07) is -0.404. The summed E-state index contributed by atoms with van der Waals surface area (Å²) >= 11 is 6.31. The quantitative estimate of drug-likeness (QED) is 0.451. The molecular weight excluding hydrogens is 396 g/mol. The van der Waals surface area contributed by atoms with Crippen LogP contribution in [0.5, 0.6) is 0 Å². The number of nitrogens with one attached hydrogen (secondary N) is 3. The summed E-state index contributed by atoms with van der Waals surface area (Å²) in [7, 11) is 0. The molecular formula is C18H21ClN8O2. The lowest BCUT2D eigenvalue weighted by Gasteiger charge is -2.18. The number of fused-ring (bicyclic) bond motifs is 1. The van der Waals surface area contributed by atoms with Crippen LogP contribution in [-0.2, 0) is 11.3 Å². The van der Waals surface area contributed by atoms with Gasteiger partial charge in [0.05, 0.1) is 34.4 Å². The molecule has 29 heavy (non-hydrogen) atoms. The lowest BCUT2D eigenvalue weighted by atomic mass is 10.2. The smallest absolute Gasteiger partial charge is 0.246 e. The van der Waals surface area contributed by atoms with Crippen LogP contribution in [0.25, 0.3) is 11.0 Å². The van der Waals surface area contributed by atoms with Gasteiger partial charge in [-0.25, -0.2) is 0 Å². The Morgan fingerprint density at radius 3 is 3.03 bits per heavy atom. The topological polar surface area (TPSA) is 124 Å². The molecule has 1 aliphatic rings. The van der Waals surface area contributed by atoms with E-state index in [1.54, 1.807) is 17.1 Å². The molecule has 0 bridgehead atoms. The minimum absolute atomic E-state index is 0.221. The van der Waals surface area contributed by atoms with E-state index in [1.807, 2.05) is 13.1 Å². The lowest BCUT2D eigenvalue weighted by molar-refractivity contribution is -0.125. The third kappa shape index (κ3) is 3.76. The molecule has 3 aromatic heterocycles. The van der Waals surface area contributed by atoms with Gasteiger partial charge in [0.25, 0.3) is 0 Å². The van der Waals surface area contributed by atoms with Gasteiger partial charge < -0.3 is 25.6 Å². The molecule has 0 saturated carbocycles. The van der Waals surface area contributed by atoms with E-state index in [9.17, 15) is 9.90 Å². The van der Waals surface area contributed by atoms with E-state index in [1.165, 1.54) is 11.0 Å². The van der Waals surface area contributed by atoms with E-state index < -0.39 is 12.1 Å². The maximum Gasteiger partial charge on any atom is 0.246 e. The van der Waals surface area contributed by atoms with Crippen molar-refractivity contribution >= 4 is 46.0 Å². The fraction of sp³-hybridized carbons (Fsp3) is 0.333. The predicted octanol–water partition coefficient (Wildman–Crippen LogP) is 1.74. The number of aromatic amines is 1. The molecule has 152 valence electrons. The Labute approximate surface area is 171 Å². The van der Waals surface area contributed by atoms with Gasteiger partial charge in [0.1, 0.15) is 11.5 Å². The van der Waals surface area contributed by atoms with Crippen LogP contribution in [0.1, 0.15) is 6.92 Å². The van der Waals surface area contributed by atoms with Crippen molar-refractivity contribution in [2.45, 2.75) is 25.6 Å². The van der Waals surface area contributed by atoms with Gasteiger partial charge in [0, 0.05) is 32.0 Å². The van der Waals surface area contributed by atoms with E-state index in [-0.39, 0.29) is 12.5 Å². The minimum atomic E-state index is -0.749. The highest BCUT2D eigenvalue weighted by atomic mass is 35.5. The van der Waals surface area contributed by atoms with Crippen LogP contribution >= 0.6 is 11.6 Å². The number of carbonyl (C=O) groups is 1.